The maximum Gasteiger partial charge on any atom is 0.333 e. The Hall–Kier alpha value is -1.85. The second-order valence-electron chi connectivity index (χ2n) is 8.80. The minimum Gasteiger partial charge on any atom is -0.459 e. The summed E-state index contributed by atoms with van der Waals surface area (Å²) in [7, 11) is 0. The molecule has 1 aromatic carbocycles. The van der Waals surface area contributed by atoms with Crippen LogP contribution in [0.1, 0.15) is 78.7 Å². The maximum absolute atomic E-state index is 11.8. The SMILES string of the molecule is C=C(C)C(=O)OC(C)CCC(C)N(CCCC(C)CCC)c1ccc(COCO)cc1. The number of aliphatic hydroxyl groups excluding tert-OH is 1. The molecule has 0 saturated carbocycles. The van der Waals surface area contributed by atoms with E-state index in [1.807, 2.05) is 6.92 Å². The minimum atomic E-state index is -0.317. The zero-order chi connectivity index (χ0) is 23.2. The van der Waals surface area contributed by atoms with E-state index in [4.69, 9.17) is 14.6 Å². The highest BCUT2D eigenvalue weighted by atomic mass is 16.6. The van der Waals surface area contributed by atoms with Gasteiger partial charge in [-0.15, -0.1) is 0 Å². The molecule has 1 aromatic rings. The molecular formula is C26H43NO4. The molecule has 176 valence electrons. The van der Waals surface area contributed by atoms with Gasteiger partial charge in [0.1, 0.15) is 6.79 Å². The summed E-state index contributed by atoms with van der Waals surface area (Å²) >= 11 is 0. The molecule has 0 heterocycles. The van der Waals surface area contributed by atoms with Crippen molar-refractivity contribution in [1.29, 1.82) is 0 Å². The number of benzene rings is 1. The van der Waals surface area contributed by atoms with Gasteiger partial charge < -0.3 is 19.5 Å². The van der Waals surface area contributed by atoms with Crippen molar-refractivity contribution >= 4 is 11.7 Å². The third-order valence-corrected chi connectivity index (χ3v) is 5.69. The van der Waals surface area contributed by atoms with Gasteiger partial charge >= 0.3 is 5.97 Å². The molecular weight excluding hydrogens is 390 g/mol. The number of nitrogens with zero attached hydrogens (tertiary/aromatic N) is 1. The van der Waals surface area contributed by atoms with E-state index >= 15 is 0 Å². The third-order valence-electron chi connectivity index (χ3n) is 5.69. The lowest BCUT2D eigenvalue weighted by Crippen LogP contribution is -2.35. The molecule has 5 nitrogen and oxygen atoms in total. The monoisotopic (exact) mass is 433 g/mol. The summed E-state index contributed by atoms with van der Waals surface area (Å²) in [5, 5.41) is 8.85. The van der Waals surface area contributed by atoms with Crippen LogP contribution in [0.4, 0.5) is 5.69 Å². The van der Waals surface area contributed by atoms with Crippen LogP contribution in [0, 0.1) is 5.92 Å². The molecule has 0 spiro atoms. The lowest BCUT2D eigenvalue weighted by Gasteiger charge is -2.33. The first-order valence-corrected chi connectivity index (χ1v) is 11.7. The van der Waals surface area contributed by atoms with Gasteiger partial charge in [0.15, 0.2) is 0 Å². The largest absolute Gasteiger partial charge is 0.459 e. The van der Waals surface area contributed by atoms with Crippen molar-refractivity contribution < 1.29 is 19.4 Å². The first kappa shape index (κ1) is 27.2. The average Bonchev–Trinajstić information content (AvgIpc) is 2.74. The van der Waals surface area contributed by atoms with E-state index in [2.05, 4.69) is 56.5 Å². The number of hydrogen-bond acceptors (Lipinski definition) is 5. The minimum absolute atomic E-state index is 0.129. The van der Waals surface area contributed by atoms with Crippen LogP contribution >= 0.6 is 0 Å². The smallest absolute Gasteiger partial charge is 0.333 e. The molecule has 0 aliphatic heterocycles. The molecule has 5 heteroatoms. The fourth-order valence-electron chi connectivity index (χ4n) is 3.77. The van der Waals surface area contributed by atoms with Gasteiger partial charge in [0.2, 0.25) is 0 Å². The molecule has 1 rings (SSSR count). The molecule has 0 amide bonds. The standard InChI is InChI=1S/C26H43NO4/c1-7-9-21(4)10-8-17-27(25-15-13-24(14-16-25)18-30-19-28)22(5)11-12-23(6)31-26(29)20(2)3/h13-16,21-23,28H,2,7-12,17-19H2,1,3-6H3. The van der Waals surface area contributed by atoms with Gasteiger partial charge in [-0.25, -0.2) is 4.79 Å². The molecule has 0 fully saturated rings. The van der Waals surface area contributed by atoms with E-state index in [0.29, 0.717) is 18.2 Å². The number of carbonyl (C=O) groups is 1. The molecule has 0 aliphatic rings. The molecule has 0 saturated heterocycles. The molecule has 0 aromatic heterocycles. The van der Waals surface area contributed by atoms with Gasteiger partial charge in [-0.05, 0) is 70.1 Å². The Labute approximate surface area is 189 Å². The van der Waals surface area contributed by atoms with E-state index < -0.39 is 0 Å². The van der Waals surface area contributed by atoms with Crippen molar-refractivity contribution in [2.24, 2.45) is 5.92 Å². The number of esters is 1. The highest BCUT2D eigenvalue weighted by Crippen LogP contribution is 2.23. The van der Waals surface area contributed by atoms with Crippen molar-refractivity contribution in [3.63, 3.8) is 0 Å². The fourth-order valence-corrected chi connectivity index (χ4v) is 3.77. The molecule has 3 unspecified atom stereocenters. The zero-order valence-corrected chi connectivity index (χ0v) is 20.2. The third kappa shape index (κ3) is 10.8. The first-order valence-electron chi connectivity index (χ1n) is 11.7. The van der Waals surface area contributed by atoms with Crippen LogP contribution in [0.2, 0.25) is 0 Å². The van der Waals surface area contributed by atoms with E-state index in [1.165, 1.54) is 24.9 Å². The number of ether oxygens (including phenoxy) is 2. The number of anilines is 1. The summed E-state index contributed by atoms with van der Waals surface area (Å²) in [5.41, 5.74) is 2.67. The van der Waals surface area contributed by atoms with Gasteiger partial charge in [-0.2, -0.15) is 0 Å². The quantitative estimate of drug-likeness (QED) is 0.201. The summed E-state index contributed by atoms with van der Waals surface area (Å²) in [6.45, 7) is 15.2. The number of rotatable bonds is 16. The topological polar surface area (TPSA) is 59.0 Å². The van der Waals surface area contributed by atoms with Crippen molar-refractivity contribution in [3.8, 4) is 0 Å². The number of carbonyl (C=O) groups excluding carboxylic acids is 1. The van der Waals surface area contributed by atoms with E-state index in [1.54, 1.807) is 6.92 Å². The van der Waals surface area contributed by atoms with Gasteiger partial charge in [0, 0.05) is 23.8 Å². The lowest BCUT2D eigenvalue weighted by molar-refractivity contribution is -0.143. The average molecular weight is 434 g/mol. The Kier molecular flexibility index (Phi) is 13.2. The van der Waals surface area contributed by atoms with Crippen molar-refractivity contribution in [3.05, 3.63) is 42.0 Å². The van der Waals surface area contributed by atoms with Crippen LogP contribution in [0.5, 0.6) is 0 Å². The second kappa shape index (κ2) is 15.0. The highest BCUT2D eigenvalue weighted by molar-refractivity contribution is 5.87. The van der Waals surface area contributed by atoms with E-state index in [0.717, 1.165) is 37.3 Å². The summed E-state index contributed by atoms with van der Waals surface area (Å²) < 4.78 is 10.5. The van der Waals surface area contributed by atoms with Crippen molar-refractivity contribution in [2.75, 3.05) is 18.2 Å². The molecule has 0 bridgehead atoms. The fraction of sp³-hybridized carbons (Fsp3) is 0.654. The summed E-state index contributed by atoms with van der Waals surface area (Å²) in [5.74, 6) is 0.435. The molecule has 1 N–H and O–H groups in total. The Morgan fingerprint density at radius 3 is 2.35 bits per heavy atom. The van der Waals surface area contributed by atoms with Gasteiger partial charge in [-0.1, -0.05) is 45.4 Å². The Balaban J connectivity index is 2.76. The van der Waals surface area contributed by atoms with Gasteiger partial charge in [0.25, 0.3) is 0 Å². The predicted molar refractivity (Wildman–Crippen MR) is 128 cm³/mol. The lowest BCUT2D eigenvalue weighted by atomic mass is 9.99. The van der Waals surface area contributed by atoms with Crippen LogP contribution in [0.3, 0.4) is 0 Å². The first-order chi connectivity index (χ1) is 14.8. The van der Waals surface area contributed by atoms with Crippen LogP contribution in [-0.4, -0.2) is 36.6 Å². The maximum atomic E-state index is 11.8. The number of hydrogen-bond donors (Lipinski definition) is 1. The molecule has 0 radical (unpaired) electrons. The Morgan fingerprint density at radius 2 is 1.77 bits per heavy atom. The Bertz CT molecular complexity index is 643. The second-order valence-corrected chi connectivity index (χ2v) is 8.80. The van der Waals surface area contributed by atoms with E-state index in [9.17, 15) is 4.79 Å². The predicted octanol–water partition coefficient (Wildman–Crippen LogP) is 5.85. The van der Waals surface area contributed by atoms with Gasteiger partial charge in [-0.3, -0.25) is 0 Å². The van der Waals surface area contributed by atoms with Crippen LogP contribution in [0.25, 0.3) is 0 Å². The summed E-state index contributed by atoms with van der Waals surface area (Å²) in [4.78, 5) is 14.2. The zero-order valence-electron chi connectivity index (χ0n) is 20.2. The molecule has 3 atom stereocenters. The molecule has 0 aliphatic carbocycles. The summed E-state index contributed by atoms with van der Waals surface area (Å²) in [6, 6.07) is 8.70. The number of aliphatic hydroxyl groups is 1. The van der Waals surface area contributed by atoms with Crippen molar-refractivity contribution in [2.45, 2.75) is 91.9 Å². The summed E-state index contributed by atoms with van der Waals surface area (Å²) in [6.07, 6.45) is 6.51. The Morgan fingerprint density at radius 1 is 1.10 bits per heavy atom. The molecule has 31 heavy (non-hydrogen) atoms. The van der Waals surface area contributed by atoms with E-state index in [-0.39, 0.29) is 18.9 Å². The van der Waals surface area contributed by atoms with Crippen LogP contribution < -0.4 is 4.90 Å². The normalized spacial score (nSPS) is 14.0. The van der Waals surface area contributed by atoms with Crippen LogP contribution in [-0.2, 0) is 20.9 Å². The van der Waals surface area contributed by atoms with Crippen LogP contribution in [0.15, 0.2) is 36.4 Å². The van der Waals surface area contributed by atoms with Gasteiger partial charge in [0.05, 0.1) is 12.7 Å². The highest BCUT2D eigenvalue weighted by Gasteiger charge is 2.18. The van der Waals surface area contributed by atoms with Crippen molar-refractivity contribution in [1.82, 2.24) is 0 Å².